The third-order valence-electron chi connectivity index (χ3n) is 3.36. The lowest BCUT2D eigenvalue weighted by Crippen LogP contribution is -2.30. The fourth-order valence-electron chi connectivity index (χ4n) is 2.34. The van der Waals surface area contributed by atoms with Gasteiger partial charge in [0.25, 0.3) is 5.91 Å². The first-order valence-electron chi connectivity index (χ1n) is 5.29. The van der Waals surface area contributed by atoms with E-state index in [4.69, 9.17) is 0 Å². The highest BCUT2D eigenvalue weighted by atomic mass is 19.1. The predicted molar refractivity (Wildman–Crippen MR) is 53.9 cm³/mol. The van der Waals surface area contributed by atoms with E-state index in [1.165, 1.54) is 18.6 Å². The minimum atomic E-state index is -0.296. The maximum atomic E-state index is 12.7. The number of rotatable bonds is 1. The van der Waals surface area contributed by atoms with Crippen molar-refractivity contribution in [3.05, 3.63) is 35.6 Å². The molecule has 2 atom stereocenters. The van der Waals surface area contributed by atoms with E-state index < -0.39 is 0 Å². The molecule has 0 bridgehead atoms. The molecule has 2 aliphatic rings. The Balaban J connectivity index is 1.76. The van der Waals surface area contributed by atoms with E-state index in [2.05, 4.69) is 0 Å². The first-order chi connectivity index (χ1) is 7.24. The summed E-state index contributed by atoms with van der Waals surface area (Å²) in [5, 5.41) is 0. The van der Waals surface area contributed by atoms with Gasteiger partial charge in [0.05, 0.1) is 0 Å². The van der Waals surface area contributed by atoms with Gasteiger partial charge >= 0.3 is 0 Å². The molecule has 1 saturated carbocycles. The average molecular weight is 205 g/mol. The molecule has 2 nitrogen and oxygen atoms in total. The molecule has 3 heteroatoms. The Morgan fingerprint density at radius 1 is 1.20 bits per heavy atom. The highest BCUT2D eigenvalue weighted by molar-refractivity contribution is 5.94. The van der Waals surface area contributed by atoms with Crippen molar-refractivity contribution in [3.63, 3.8) is 0 Å². The lowest BCUT2D eigenvalue weighted by molar-refractivity contribution is 0.0775. The van der Waals surface area contributed by atoms with Crippen LogP contribution in [-0.4, -0.2) is 23.9 Å². The van der Waals surface area contributed by atoms with Gasteiger partial charge in [-0.25, -0.2) is 4.39 Å². The molecule has 1 aromatic carbocycles. The summed E-state index contributed by atoms with van der Waals surface area (Å²) in [6.45, 7) is 1.78. The molecule has 78 valence electrons. The van der Waals surface area contributed by atoms with E-state index in [-0.39, 0.29) is 11.7 Å². The van der Waals surface area contributed by atoms with Gasteiger partial charge in [-0.05, 0) is 42.5 Å². The van der Waals surface area contributed by atoms with Gasteiger partial charge in [-0.2, -0.15) is 0 Å². The van der Waals surface area contributed by atoms with Crippen molar-refractivity contribution in [3.8, 4) is 0 Å². The van der Waals surface area contributed by atoms with Gasteiger partial charge in [0.2, 0.25) is 0 Å². The quantitative estimate of drug-likeness (QED) is 0.686. The molecule has 15 heavy (non-hydrogen) atoms. The fraction of sp³-hybridized carbons (Fsp3) is 0.417. The second kappa shape index (κ2) is 3.05. The third-order valence-corrected chi connectivity index (χ3v) is 3.36. The Labute approximate surface area is 87.7 Å². The normalized spacial score (nSPS) is 27.7. The summed E-state index contributed by atoms with van der Waals surface area (Å²) in [6.07, 6.45) is 1.28. The van der Waals surface area contributed by atoms with E-state index in [9.17, 15) is 9.18 Å². The number of halogens is 1. The summed E-state index contributed by atoms with van der Waals surface area (Å²) in [6, 6.07) is 5.79. The third kappa shape index (κ3) is 1.52. The number of hydrogen-bond acceptors (Lipinski definition) is 1. The second-order valence-corrected chi connectivity index (χ2v) is 4.47. The first kappa shape index (κ1) is 8.89. The fourth-order valence-corrected chi connectivity index (χ4v) is 2.34. The molecule has 2 fully saturated rings. The molecule has 1 aromatic rings. The lowest BCUT2D eigenvalue weighted by Gasteiger charge is -2.17. The average Bonchev–Trinajstić information content (AvgIpc) is 2.86. The van der Waals surface area contributed by atoms with Crippen molar-refractivity contribution in [1.29, 1.82) is 0 Å². The van der Waals surface area contributed by atoms with Gasteiger partial charge in [-0.15, -0.1) is 0 Å². The van der Waals surface area contributed by atoms with E-state index in [0.717, 1.165) is 24.9 Å². The predicted octanol–water partition coefficient (Wildman–Crippen LogP) is 1.92. The Bertz CT molecular complexity index is 391. The monoisotopic (exact) mass is 205 g/mol. The van der Waals surface area contributed by atoms with Crippen LogP contribution in [0.4, 0.5) is 4.39 Å². The van der Waals surface area contributed by atoms with Crippen LogP contribution in [-0.2, 0) is 0 Å². The maximum absolute atomic E-state index is 12.7. The number of amides is 1. The molecule has 3 rings (SSSR count). The van der Waals surface area contributed by atoms with Crippen LogP contribution in [0.2, 0.25) is 0 Å². The molecule has 1 aliphatic heterocycles. The SMILES string of the molecule is O=C(c1ccc(F)cc1)N1CC2CC2C1. The first-order valence-corrected chi connectivity index (χ1v) is 5.29. The summed E-state index contributed by atoms with van der Waals surface area (Å²) in [7, 11) is 0. The highest BCUT2D eigenvalue weighted by Crippen LogP contribution is 2.45. The summed E-state index contributed by atoms with van der Waals surface area (Å²) in [5.74, 6) is 1.24. The topological polar surface area (TPSA) is 20.3 Å². The summed E-state index contributed by atoms with van der Waals surface area (Å²) in [4.78, 5) is 13.8. The molecular weight excluding hydrogens is 193 g/mol. The van der Waals surface area contributed by atoms with Crippen molar-refractivity contribution in [2.45, 2.75) is 6.42 Å². The molecule has 1 saturated heterocycles. The van der Waals surface area contributed by atoms with Crippen LogP contribution in [0.3, 0.4) is 0 Å². The summed E-state index contributed by atoms with van der Waals surface area (Å²) >= 11 is 0. The molecular formula is C12H12FNO. The number of benzene rings is 1. The number of carbonyl (C=O) groups excluding carboxylic acids is 1. The van der Waals surface area contributed by atoms with E-state index in [0.29, 0.717) is 5.56 Å². The van der Waals surface area contributed by atoms with Gasteiger partial charge < -0.3 is 4.90 Å². The van der Waals surface area contributed by atoms with Crippen LogP contribution in [0.1, 0.15) is 16.8 Å². The minimum absolute atomic E-state index is 0.0437. The van der Waals surface area contributed by atoms with Gasteiger partial charge in [0.15, 0.2) is 0 Å². The van der Waals surface area contributed by atoms with Crippen molar-refractivity contribution < 1.29 is 9.18 Å². The van der Waals surface area contributed by atoms with E-state index in [1.54, 1.807) is 12.1 Å². The highest BCUT2D eigenvalue weighted by Gasteiger charge is 2.46. The van der Waals surface area contributed by atoms with Gasteiger partial charge in [-0.3, -0.25) is 4.79 Å². The summed E-state index contributed by atoms with van der Waals surface area (Å²) in [5.41, 5.74) is 0.595. The van der Waals surface area contributed by atoms with Gasteiger partial charge in [0.1, 0.15) is 5.82 Å². The Morgan fingerprint density at radius 2 is 1.80 bits per heavy atom. The van der Waals surface area contributed by atoms with Crippen LogP contribution in [0, 0.1) is 17.7 Å². The van der Waals surface area contributed by atoms with Crippen molar-refractivity contribution in [1.82, 2.24) is 4.90 Å². The van der Waals surface area contributed by atoms with Gasteiger partial charge in [0, 0.05) is 18.7 Å². The Kier molecular flexibility index (Phi) is 1.81. The Morgan fingerprint density at radius 3 is 2.40 bits per heavy atom. The summed E-state index contributed by atoms with van der Waals surface area (Å²) < 4.78 is 12.7. The molecule has 0 aromatic heterocycles. The zero-order valence-electron chi connectivity index (χ0n) is 8.32. The van der Waals surface area contributed by atoms with Crippen molar-refractivity contribution >= 4 is 5.91 Å². The smallest absolute Gasteiger partial charge is 0.253 e. The Hall–Kier alpha value is -1.38. The second-order valence-electron chi connectivity index (χ2n) is 4.47. The molecule has 2 unspecified atom stereocenters. The molecule has 1 aliphatic carbocycles. The van der Waals surface area contributed by atoms with Crippen molar-refractivity contribution in [2.24, 2.45) is 11.8 Å². The van der Waals surface area contributed by atoms with Crippen LogP contribution in [0.15, 0.2) is 24.3 Å². The van der Waals surface area contributed by atoms with Crippen molar-refractivity contribution in [2.75, 3.05) is 13.1 Å². The minimum Gasteiger partial charge on any atom is -0.338 e. The molecule has 0 N–H and O–H groups in total. The largest absolute Gasteiger partial charge is 0.338 e. The lowest BCUT2D eigenvalue weighted by atomic mass is 10.2. The zero-order chi connectivity index (χ0) is 10.4. The number of hydrogen-bond donors (Lipinski definition) is 0. The maximum Gasteiger partial charge on any atom is 0.253 e. The molecule has 0 spiro atoms. The van der Waals surface area contributed by atoms with Gasteiger partial charge in [-0.1, -0.05) is 0 Å². The van der Waals surface area contributed by atoms with Crippen LogP contribution in [0.5, 0.6) is 0 Å². The van der Waals surface area contributed by atoms with E-state index in [1.807, 2.05) is 4.90 Å². The van der Waals surface area contributed by atoms with Crippen LogP contribution < -0.4 is 0 Å². The zero-order valence-corrected chi connectivity index (χ0v) is 8.32. The molecule has 1 heterocycles. The molecule has 0 radical (unpaired) electrons. The number of nitrogens with zero attached hydrogens (tertiary/aromatic N) is 1. The van der Waals surface area contributed by atoms with E-state index >= 15 is 0 Å². The number of piperidine rings is 1. The number of likely N-dealkylation sites (tertiary alicyclic amines) is 1. The van der Waals surface area contributed by atoms with Crippen LogP contribution in [0.25, 0.3) is 0 Å². The molecule has 1 amide bonds. The standard InChI is InChI=1S/C12H12FNO/c13-11-3-1-8(2-4-11)12(15)14-6-9-5-10(9)7-14/h1-4,9-10H,5-7H2. The number of carbonyl (C=O) groups is 1. The number of fused-ring (bicyclic) bond motifs is 1. The van der Waals surface area contributed by atoms with Crippen LogP contribution >= 0.6 is 0 Å².